The lowest BCUT2D eigenvalue weighted by Crippen LogP contribution is -2.29. The Kier molecular flexibility index (Phi) is 5.29. The third kappa shape index (κ3) is 4.65. The maximum atomic E-state index is 9.24. The maximum Gasteiger partial charge on any atom is 0.119 e. The molecule has 0 radical (unpaired) electrons. The van der Waals surface area contributed by atoms with Crippen LogP contribution in [0.3, 0.4) is 0 Å². The van der Waals surface area contributed by atoms with Gasteiger partial charge < -0.3 is 15.2 Å². The molecule has 0 aliphatic carbocycles. The van der Waals surface area contributed by atoms with Gasteiger partial charge in [-0.05, 0) is 44.0 Å². The minimum atomic E-state index is 0.0897. The summed E-state index contributed by atoms with van der Waals surface area (Å²) in [5.74, 6) is 1.27. The predicted molar refractivity (Wildman–Crippen MR) is 71.5 cm³/mol. The zero-order valence-electron chi connectivity index (χ0n) is 11.1. The molecular formula is C14H23NO2. The molecule has 0 amide bonds. The molecule has 96 valence electrons. The van der Waals surface area contributed by atoms with Crippen molar-refractivity contribution >= 4 is 5.69 Å². The van der Waals surface area contributed by atoms with Crippen LogP contribution in [-0.2, 0) is 0 Å². The SMILES string of the molecule is CC(C)Oc1ccc(NC(CO)C(C)C)cc1. The molecule has 17 heavy (non-hydrogen) atoms. The molecule has 0 spiro atoms. The molecule has 0 aliphatic rings. The molecule has 1 atom stereocenters. The summed E-state index contributed by atoms with van der Waals surface area (Å²) >= 11 is 0. The van der Waals surface area contributed by atoms with Gasteiger partial charge in [0.25, 0.3) is 0 Å². The van der Waals surface area contributed by atoms with Crippen molar-refractivity contribution < 1.29 is 9.84 Å². The van der Waals surface area contributed by atoms with E-state index < -0.39 is 0 Å². The fraction of sp³-hybridized carbons (Fsp3) is 0.571. The maximum absolute atomic E-state index is 9.24. The molecule has 3 heteroatoms. The standard InChI is InChI=1S/C14H23NO2/c1-10(2)14(9-16)15-12-5-7-13(8-6-12)17-11(3)4/h5-8,10-11,14-16H,9H2,1-4H3. The van der Waals surface area contributed by atoms with Crippen molar-refractivity contribution in [1.29, 1.82) is 0 Å². The summed E-state index contributed by atoms with van der Waals surface area (Å²) < 4.78 is 5.57. The lowest BCUT2D eigenvalue weighted by atomic mass is 10.1. The minimum absolute atomic E-state index is 0.0897. The molecule has 1 aromatic carbocycles. The third-order valence-corrected chi connectivity index (χ3v) is 2.58. The van der Waals surface area contributed by atoms with Crippen LogP contribution in [0.4, 0.5) is 5.69 Å². The van der Waals surface area contributed by atoms with Crippen molar-refractivity contribution in [3.8, 4) is 5.75 Å². The zero-order valence-corrected chi connectivity index (χ0v) is 11.1. The van der Waals surface area contributed by atoms with Crippen LogP contribution in [0.5, 0.6) is 5.75 Å². The van der Waals surface area contributed by atoms with Crippen LogP contribution in [0.25, 0.3) is 0 Å². The van der Waals surface area contributed by atoms with E-state index >= 15 is 0 Å². The van der Waals surface area contributed by atoms with Gasteiger partial charge in [-0.25, -0.2) is 0 Å². The number of hydrogen-bond acceptors (Lipinski definition) is 3. The van der Waals surface area contributed by atoms with Crippen LogP contribution < -0.4 is 10.1 Å². The molecule has 1 rings (SSSR count). The van der Waals surface area contributed by atoms with Gasteiger partial charge in [0.1, 0.15) is 5.75 Å². The Morgan fingerprint density at radius 3 is 2.12 bits per heavy atom. The molecule has 0 heterocycles. The Balaban J connectivity index is 2.61. The summed E-state index contributed by atoms with van der Waals surface area (Å²) in [5, 5.41) is 12.5. The van der Waals surface area contributed by atoms with Crippen molar-refractivity contribution in [3.63, 3.8) is 0 Å². The Morgan fingerprint density at radius 1 is 1.12 bits per heavy atom. The second-order valence-corrected chi connectivity index (χ2v) is 4.87. The molecule has 2 N–H and O–H groups in total. The van der Waals surface area contributed by atoms with E-state index in [2.05, 4.69) is 19.2 Å². The predicted octanol–water partition coefficient (Wildman–Crippen LogP) is 2.90. The van der Waals surface area contributed by atoms with Crippen LogP contribution in [-0.4, -0.2) is 23.9 Å². The van der Waals surface area contributed by atoms with Gasteiger partial charge in [0.15, 0.2) is 0 Å². The van der Waals surface area contributed by atoms with Gasteiger partial charge in [-0.2, -0.15) is 0 Å². The smallest absolute Gasteiger partial charge is 0.119 e. The average Bonchev–Trinajstić information content (AvgIpc) is 2.26. The van der Waals surface area contributed by atoms with Gasteiger partial charge in [-0.15, -0.1) is 0 Å². The number of anilines is 1. The van der Waals surface area contributed by atoms with E-state index in [1.807, 2.05) is 38.1 Å². The monoisotopic (exact) mass is 237 g/mol. The molecule has 0 fully saturated rings. The number of benzene rings is 1. The molecule has 0 saturated heterocycles. The fourth-order valence-corrected chi connectivity index (χ4v) is 1.54. The summed E-state index contributed by atoms with van der Waals surface area (Å²) in [7, 11) is 0. The summed E-state index contributed by atoms with van der Waals surface area (Å²) in [5.41, 5.74) is 1.01. The summed E-state index contributed by atoms with van der Waals surface area (Å²) in [6.07, 6.45) is 0.190. The van der Waals surface area contributed by atoms with E-state index in [-0.39, 0.29) is 18.8 Å². The van der Waals surface area contributed by atoms with Crippen molar-refractivity contribution in [1.82, 2.24) is 0 Å². The van der Waals surface area contributed by atoms with Crippen LogP contribution in [0.1, 0.15) is 27.7 Å². The zero-order chi connectivity index (χ0) is 12.8. The number of aliphatic hydroxyl groups is 1. The number of nitrogens with one attached hydrogen (secondary N) is 1. The lowest BCUT2D eigenvalue weighted by molar-refractivity contribution is 0.242. The summed E-state index contributed by atoms with van der Waals surface area (Å²) in [4.78, 5) is 0. The van der Waals surface area contributed by atoms with E-state index in [0.717, 1.165) is 11.4 Å². The van der Waals surface area contributed by atoms with Gasteiger partial charge in [0.2, 0.25) is 0 Å². The van der Waals surface area contributed by atoms with Crippen LogP contribution >= 0.6 is 0 Å². The first-order valence-corrected chi connectivity index (χ1v) is 6.17. The van der Waals surface area contributed by atoms with E-state index in [1.165, 1.54) is 0 Å². The Hall–Kier alpha value is -1.22. The first-order chi connectivity index (χ1) is 8.02. The Labute approximate surface area is 104 Å². The highest BCUT2D eigenvalue weighted by atomic mass is 16.5. The Bertz CT molecular complexity index is 319. The molecule has 1 unspecified atom stereocenters. The van der Waals surface area contributed by atoms with E-state index in [1.54, 1.807) is 0 Å². The van der Waals surface area contributed by atoms with Crippen molar-refractivity contribution in [2.24, 2.45) is 5.92 Å². The quantitative estimate of drug-likeness (QED) is 0.799. The minimum Gasteiger partial charge on any atom is -0.491 e. The molecule has 0 aliphatic heterocycles. The highest BCUT2D eigenvalue weighted by molar-refractivity contribution is 5.47. The highest BCUT2D eigenvalue weighted by Gasteiger charge is 2.11. The number of rotatable bonds is 6. The van der Waals surface area contributed by atoms with Crippen LogP contribution in [0, 0.1) is 5.92 Å². The summed E-state index contributed by atoms with van der Waals surface area (Å²) in [6.45, 7) is 8.33. The topological polar surface area (TPSA) is 41.5 Å². The van der Waals surface area contributed by atoms with Crippen molar-refractivity contribution in [3.05, 3.63) is 24.3 Å². The first-order valence-electron chi connectivity index (χ1n) is 6.17. The number of hydrogen-bond donors (Lipinski definition) is 2. The molecular weight excluding hydrogens is 214 g/mol. The van der Waals surface area contributed by atoms with E-state index in [9.17, 15) is 5.11 Å². The van der Waals surface area contributed by atoms with E-state index in [0.29, 0.717) is 5.92 Å². The first kappa shape index (κ1) is 13.8. The Morgan fingerprint density at radius 2 is 1.71 bits per heavy atom. The molecule has 0 aromatic heterocycles. The van der Waals surface area contributed by atoms with Crippen molar-refractivity contribution in [2.45, 2.75) is 39.8 Å². The largest absolute Gasteiger partial charge is 0.491 e. The normalized spacial score (nSPS) is 12.9. The molecule has 1 aromatic rings. The fourth-order valence-electron chi connectivity index (χ4n) is 1.54. The van der Waals surface area contributed by atoms with Crippen LogP contribution in [0.15, 0.2) is 24.3 Å². The summed E-state index contributed by atoms with van der Waals surface area (Å²) in [6, 6.07) is 7.92. The number of ether oxygens (including phenoxy) is 1. The van der Waals surface area contributed by atoms with Gasteiger partial charge in [-0.3, -0.25) is 0 Å². The highest BCUT2D eigenvalue weighted by Crippen LogP contribution is 2.18. The third-order valence-electron chi connectivity index (χ3n) is 2.58. The lowest BCUT2D eigenvalue weighted by Gasteiger charge is -2.21. The second kappa shape index (κ2) is 6.50. The molecule has 3 nitrogen and oxygen atoms in total. The van der Waals surface area contributed by atoms with Gasteiger partial charge >= 0.3 is 0 Å². The van der Waals surface area contributed by atoms with Crippen LogP contribution in [0.2, 0.25) is 0 Å². The van der Waals surface area contributed by atoms with E-state index in [4.69, 9.17) is 4.74 Å². The van der Waals surface area contributed by atoms with Gasteiger partial charge in [0.05, 0.1) is 18.8 Å². The van der Waals surface area contributed by atoms with Gasteiger partial charge in [0, 0.05) is 5.69 Å². The molecule has 0 bridgehead atoms. The molecule has 0 saturated carbocycles. The average molecular weight is 237 g/mol. The second-order valence-electron chi connectivity index (χ2n) is 4.87. The number of aliphatic hydroxyl groups excluding tert-OH is 1. The van der Waals surface area contributed by atoms with Gasteiger partial charge in [-0.1, -0.05) is 13.8 Å². The van der Waals surface area contributed by atoms with Crippen molar-refractivity contribution in [2.75, 3.05) is 11.9 Å².